The van der Waals surface area contributed by atoms with E-state index in [4.69, 9.17) is 14.5 Å². The van der Waals surface area contributed by atoms with E-state index in [-0.39, 0.29) is 0 Å². The van der Waals surface area contributed by atoms with Gasteiger partial charge in [0.15, 0.2) is 11.6 Å². The molecule has 5 nitrogen and oxygen atoms in total. The number of nitrogens with zero attached hydrogens (tertiary/aromatic N) is 4. The molecule has 0 bridgehead atoms. The van der Waals surface area contributed by atoms with Gasteiger partial charge in [-0.15, -0.1) is 0 Å². The highest BCUT2D eigenvalue weighted by Crippen LogP contribution is 2.41. The molecule has 66 heavy (non-hydrogen) atoms. The van der Waals surface area contributed by atoms with Crippen molar-refractivity contribution in [3.63, 3.8) is 0 Å². The Morgan fingerprint density at radius 2 is 0.985 bits per heavy atom. The number of furan rings is 1. The summed E-state index contributed by atoms with van der Waals surface area (Å²) in [5.41, 5.74) is 14.8. The number of hydrogen-bond donors (Lipinski definition) is 0. The summed E-state index contributed by atoms with van der Waals surface area (Å²) in [5.74, 6) is 1.48. The molecule has 0 saturated heterocycles. The van der Waals surface area contributed by atoms with Gasteiger partial charge in [-0.1, -0.05) is 182 Å². The molecule has 0 aliphatic heterocycles. The van der Waals surface area contributed by atoms with E-state index < -0.39 is 0 Å². The average molecular weight is 845 g/mol. The van der Waals surface area contributed by atoms with Crippen molar-refractivity contribution in [1.29, 1.82) is 0 Å². The Kier molecular flexibility index (Phi) is 8.84. The van der Waals surface area contributed by atoms with E-state index in [9.17, 15) is 0 Å². The van der Waals surface area contributed by atoms with Gasteiger partial charge >= 0.3 is 0 Å². The third kappa shape index (κ3) is 6.32. The van der Waals surface area contributed by atoms with Crippen LogP contribution in [0.25, 0.3) is 116 Å². The van der Waals surface area contributed by atoms with Gasteiger partial charge in [0.05, 0.1) is 23.3 Å². The highest BCUT2D eigenvalue weighted by atomic mass is 16.3. The lowest BCUT2D eigenvalue weighted by Crippen LogP contribution is -2.06. The minimum atomic E-state index is 0.483. The van der Waals surface area contributed by atoms with Crippen molar-refractivity contribution < 1.29 is 4.42 Å². The monoisotopic (exact) mass is 844 g/mol. The minimum absolute atomic E-state index is 0.483. The van der Waals surface area contributed by atoms with Crippen molar-refractivity contribution in [3.05, 3.63) is 236 Å². The van der Waals surface area contributed by atoms with Crippen LogP contribution in [0.5, 0.6) is 0 Å². The molecule has 0 fully saturated rings. The predicted molar refractivity (Wildman–Crippen MR) is 272 cm³/mol. The number of rotatable bonds is 8. The quantitative estimate of drug-likeness (QED) is 0.153. The molecule has 0 atom stereocenters. The van der Waals surface area contributed by atoms with E-state index in [1.807, 2.05) is 12.1 Å². The molecule has 0 spiro atoms. The lowest BCUT2D eigenvalue weighted by atomic mass is 9.98. The molecule has 10 aromatic carbocycles. The molecule has 0 amide bonds. The van der Waals surface area contributed by atoms with E-state index >= 15 is 0 Å². The summed E-state index contributed by atoms with van der Waals surface area (Å²) in [6.07, 6.45) is 0. The van der Waals surface area contributed by atoms with Crippen molar-refractivity contribution in [2.75, 3.05) is 0 Å². The maximum atomic E-state index is 6.53. The van der Waals surface area contributed by atoms with Crippen LogP contribution >= 0.6 is 0 Å². The first-order valence-electron chi connectivity index (χ1n) is 22.4. The van der Waals surface area contributed by atoms with Gasteiger partial charge in [0.25, 0.3) is 0 Å². The number of para-hydroxylation sites is 2. The van der Waals surface area contributed by atoms with Crippen molar-refractivity contribution in [1.82, 2.24) is 19.3 Å². The van der Waals surface area contributed by atoms with E-state index in [0.717, 1.165) is 94.6 Å². The van der Waals surface area contributed by atoms with Gasteiger partial charge in [-0.05, 0) is 92.7 Å². The third-order valence-corrected chi connectivity index (χ3v) is 13.0. The number of aromatic nitrogens is 4. The molecular formula is C61H40N4O. The molecule has 0 aliphatic carbocycles. The molecular weight excluding hydrogens is 805 g/mol. The first-order valence-corrected chi connectivity index (χ1v) is 22.4. The molecule has 0 aliphatic rings. The summed E-state index contributed by atoms with van der Waals surface area (Å²) < 4.78 is 11.1. The Labute approximate surface area is 381 Å². The second-order valence-electron chi connectivity index (χ2n) is 17.0. The van der Waals surface area contributed by atoms with E-state index in [1.54, 1.807) is 0 Å². The van der Waals surface area contributed by atoms with Gasteiger partial charge in [0.1, 0.15) is 11.2 Å². The normalized spacial score (nSPS) is 11.7. The van der Waals surface area contributed by atoms with E-state index in [1.165, 1.54) is 21.5 Å². The van der Waals surface area contributed by atoms with Crippen LogP contribution in [-0.4, -0.2) is 19.3 Å². The third-order valence-electron chi connectivity index (χ3n) is 13.0. The van der Waals surface area contributed by atoms with Crippen LogP contribution in [0.1, 0.15) is 5.56 Å². The van der Waals surface area contributed by atoms with Gasteiger partial charge in [-0.25, -0.2) is 9.67 Å². The Balaban J connectivity index is 1.03. The molecule has 0 unspecified atom stereocenters. The standard InChI is InChI=1S/C61H40N4O/c1-3-17-41(18-4-1)46-23-9-11-27-51(46)60-62-61(52-28-12-10-24-47(52)42-19-5-2-6-20-42)64(63-60)39-40-31-34-56(53(35-40)45-32-33-50-49-26-14-16-30-58(49)66-59(50)38-45)65-55-29-15-13-25-48(55)54-36-43-21-7-8-22-44(43)37-57(54)65/h1-38H,39H2. The minimum Gasteiger partial charge on any atom is -0.456 e. The van der Waals surface area contributed by atoms with Gasteiger partial charge in [0, 0.05) is 38.2 Å². The maximum absolute atomic E-state index is 6.53. The van der Waals surface area contributed by atoms with Gasteiger partial charge in [-0.3, -0.25) is 0 Å². The van der Waals surface area contributed by atoms with Gasteiger partial charge < -0.3 is 8.98 Å². The lowest BCUT2D eigenvalue weighted by molar-refractivity contribution is 0.669. The van der Waals surface area contributed by atoms with Gasteiger partial charge in [0.2, 0.25) is 0 Å². The van der Waals surface area contributed by atoms with Crippen LogP contribution in [0.3, 0.4) is 0 Å². The highest BCUT2D eigenvalue weighted by Gasteiger charge is 2.22. The van der Waals surface area contributed by atoms with Crippen LogP contribution in [-0.2, 0) is 6.54 Å². The zero-order valence-electron chi connectivity index (χ0n) is 35.8. The van der Waals surface area contributed by atoms with Crippen molar-refractivity contribution in [3.8, 4) is 61.8 Å². The summed E-state index contributed by atoms with van der Waals surface area (Å²) in [6.45, 7) is 0.483. The fraction of sp³-hybridized carbons (Fsp3) is 0.0164. The first-order chi connectivity index (χ1) is 32.7. The van der Waals surface area contributed by atoms with Crippen LogP contribution in [0, 0.1) is 0 Å². The molecule has 3 heterocycles. The molecule has 5 heteroatoms. The fourth-order valence-electron chi connectivity index (χ4n) is 9.95. The zero-order valence-corrected chi connectivity index (χ0v) is 35.8. The smallest absolute Gasteiger partial charge is 0.182 e. The molecule has 13 aromatic rings. The number of benzene rings is 10. The summed E-state index contributed by atoms with van der Waals surface area (Å²) in [4.78, 5) is 5.44. The summed E-state index contributed by atoms with van der Waals surface area (Å²) in [5, 5.41) is 12.5. The number of hydrogen-bond acceptors (Lipinski definition) is 3. The average Bonchev–Trinajstić information content (AvgIpc) is 4.07. The topological polar surface area (TPSA) is 48.8 Å². The lowest BCUT2D eigenvalue weighted by Gasteiger charge is -2.17. The Bertz CT molecular complexity index is 3970. The van der Waals surface area contributed by atoms with Crippen molar-refractivity contribution in [2.45, 2.75) is 6.54 Å². The maximum Gasteiger partial charge on any atom is 0.182 e. The fourth-order valence-corrected chi connectivity index (χ4v) is 9.95. The first kappa shape index (κ1) is 37.7. The Morgan fingerprint density at radius 1 is 0.379 bits per heavy atom. The van der Waals surface area contributed by atoms with Crippen molar-refractivity contribution in [2.24, 2.45) is 0 Å². The molecule has 0 N–H and O–H groups in total. The SMILES string of the molecule is c1ccc(-c2ccccc2-c2nc(-c3ccccc3-c3ccccc3)n(Cc3ccc(-n4c5ccccc5c5cc6ccccc6cc54)c(-c4ccc5c(c4)oc4ccccc45)c3)n2)cc1. The predicted octanol–water partition coefficient (Wildman–Crippen LogP) is 15.8. The molecule has 310 valence electrons. The Hall–Kier alpha value is -8.80. The van der Waals surface area contributed by atoms with Crippen molar-refractivity contribution >= 4 is 54.5 Å². The van der Waals surface area contributed by atoms with E-state index in [0.29, 0.717) is 12.4 Å². The summed E-state index contributed by atoms with van der Waals surface area (Å²) >= 11 is 0. The molecule has 0 saturated carbocycles. The van der Waals surface area contributed by atoms with Crippen LogP contribution < -0.4 is 0 Å². The summed E-state index contributed by atoms with van der Waals surface area (Å²) in [7, 11) is 0. The zero-order chi connectivity index (χ0) is 43.6. The number of fused-ring (bicyclic) bond motifs is 7. The second kappa shape index (κ2) is 15.5. The molecule has 13 rings (SSSR count). The highest BCUT2D eigenvalue weighted by molar-refractivity contribution is 6.14. The molecule has 3 aromatic heterocycles. The van der Waals surface area contributed by atoms with Crippen LogP contribution in [0.4, 0.5) is 0 Å². The van der Waals surface area contributed by atoms with E-state index in [2.05, 4.69) is 228 Å². The van der Waals surface area contributed by atoms with Crippen LogP contribution in [0.2, 0.25) is 0 Å². The van der Waals surface area contributed by atoms with Gasteiger partial charge in [-0.2, -0.15) is 5.10 Å². The second-order valence-corrected chi connectivity index (χ2v) is 17.0. The largest absolute Gasteiger partial charge is 0.456 e. The Morgan fingerprint density at radius 3 is 1.76 bits per heavy atom. The summed E-state index contributed by atoms with van der Waals surface area (Å²) in [6, 6.07) is 81.9. The molecule has 0 radical (unpaired) electrons. The van der Waals surface area contributed by atoms with Crippen LogP contribution in [0.15, 0.2) is 235 Å².